The van der Waals surface area contributed by atoms with Gasteiger partial charge in [-0.3, -0.25) is 4.79 Å². The molecule has 100 valence electrons. The third-order valence-corrected chi connectivity index (χ3v) is 2.91. The molecule has 0 aliphatic heterocycles. The number of benzene rings is 1. The lowest BCUT2D eigenvalue weighted by atomic mass is 10.0. The second-order valence-corrected chi connectivity index (χ2v) is 4.09. The lowest BCUT2D eigenvalue weighted by molar-refractivity contribution is -0.137. The van der Waals surface area contributed by atoms with E-state index in [1.165, 1.54) is 7.11 Å². The molecule has 0 fully saturated rings. The number of aromatic nitrogens is 1. The van der Waals surface area contributed by atoms with E-state index in [9.17, 15) is 9.59 Å². The second-order valence-electron chi connectivity index (χ2n) is 4.09. The molecule has 2 rings (SSSR count). The Morgan fingerprint density at radius 3 is 2.68 bits per heavy atom. The third-order valence-electron chi connectivity index (χ3n) is 2.91. The van der Waals surface area contributed by atoms with Gasteiger partial charge in [-0.1, -0.05) is 0 Å². The van der Waals surface area contributed by atoms with Crippen LogP contribution in [0.4, 0.5) is 0 Å². The van der Waals surface area contributed by atoms with E-state index in [0.29, 0.717) is 5.75 Å². The summed E-state index contributed by atoms with van der Waals surface area (Å²) in [5, 5.41) is 0.803. The number of carbonyl (C=O) groups excluding carboxylic acids is 2. The van der Waals surface area contributed by atoms with Crippen LogP contribution in [0.25, 0.3) is 10.9 Å². The molecule has 0 saturated heterocycles. The van der Waals surface area contributed by atoms with Crippen LogP contribution in [0.5, 0.6) is 5.75 Å². The van der Waals surface area contributed by atoms with Crippen LogP contribution in [-0.4, -0.2) is 30.5 Å². The summed E-state index contributed by atoms with van der Waals surface area (Å²) in [5.41, 5.74) is 2.02. The Bertz CT molecular complexity index is 642. The number of fused-ring (bicyclic) bond motifs is 1. The molecular formula is C14H15NO4. The van der Waals surface area contributed by atoms with Gasteiger partial charge < -0.3 is 14.5 Å². The first kappa shape index (κ1) is 13.1. The molecular weight excluding hydrogens is 246 g/mol. The predicted octanol–water partition coefficient (Wildman–Crippen LogP) is 2.23. The maximum atomic E-state index is 12.0. The molecule has 0 unspecified atom stereocenters. The zero-order valence-electron chi connectivity index (χ0n) is 11.1. The molecule has 0 spiro atoms. The minimum atomic E-state index is -0.867. The van der Waals surface area contributed by atoms with Crippen LogP contribution >= 0.6 is 0 Å². The van der Waals surface area contributed by atoms with Crippen molar-refractivity contribution in [2.75, 3.05) is 13.7 Å². The average Bonchev–Trinajstić information content (AvgIpc) is 2.79. The van der Waals surface area contributed by atoms with Crippen LogP contribution in [0, 0.1) is 6.92 Å². The van der Waals surface area contributed by atoms with Crippen molar-refractivity contribution in [1.82, 2.24) is 4.98 Å². The van der Waals surface area contributed by atoms with E-state index in [1.54, 1.807) is 19.1 Å². The largest absolute Gasteiger partial charge is 0.495 e. The van der Waals surface area contributed by atoms with Gasteiger partial charge in [0, 0.05) is 17.1 Å². The number of ether oxygens (including phenoxy) is 2. The fraction of sp³-hybridized carbons (Fsp3) is 0.286. The quantitative estimate of drug-likeness (QED) is 0.520. The summed E-state index contributed by atoms with van der Waals surface area (Å²) in [5.74, 6) is -1.16. The highest BCUT2D eigenvalue weighted by Gasteiger charge is 2.23. The molecule has 2 aromatic rings. The van der Waals surface area contributed by atoms with Crippen molar-refractivity contribution in [3.63, 3.8) is 0 Å². The van der Waals surface area contributed by atoms with E-state index >= 15 is 0 Å². The number of carbonyl (C=O) groups is 2. The number of methoxy groups -OCH3 is 1. The summed E-state index contributed by atoms with van der Waals surface area (Å²) in [6, 6.07) is 3.31. The van der Waals surface area contributed by atoms with E-state index < -0.39 is 11.8 Å². The van der Waals surface area contributed by atoms with E-state index in [0.717, 1.165) is 16.5 Å². The van der Waals surface area contributed by atoms with Gasteiger partial charge in [-0.05, 0) is 31.5 Å². The normalized spacial score (nSPS) is 10.5. The van der Waals surface area contributed by atoms with Crippen LogP contribution < -0.4 is 4.74 Å². The smallest absolute Gasteiger partial charge is 0.379 e. The van der Waals surface area contributed by atoms with Crippen LogP contribution in [0.2, 0.25) is 0 Å². The van der Waals surface area contributed by atoms with Crippen molar-refractivity contribution in [3.05, 3.63) is 29.5 Å². The molecule has 19 heavy (non-hydrogen) atoms. The topological polar surface area (TPSA) is 68.4 Å². The van der Waals surface area contributed by atoms with Crippen molar-refractivity contribution in [3.8, 4) is 5.75 Å². The minimum absolute atomic E-state index is 0.165. The lowest BCUT2D eigenvalue weighted by Crippen LogP contribution is -2.18. The van der Waals surface area contributed by atoms with Gasteiger partial charge in [-0.25, -0.2) is 4.79 Å². The summed E-state index contributed by atoms with van der Waals surface area (Å²) in [6.45, 7) is 3.72. The van der Waals surface area contributed by atoms with Crippen molar-refractivity contribution in [2.24, 2.45) is 0 Å². The van der Waals surface area contributed by atoms with Gasteiger partial charge in [0.25, 0.3) is 5.78 Å². The summed E-state index contributed by atoms with van der Waals surface area (Å²) in [4.78, 5) is 26.6. The van der Waals surface area contributed by atoms with E-state index in [-0.39, 0.29) is 12.2 Å². The molecule has 1 heterocycles. The number of aromatic amines is 1. The number of nitrogens with one attached hydrogen (secondary N) is 1. The van der Waals surface area contributed by atoms with E-state index in [2.05, 4.69) is 4.98 Å². The number of aryl methyl sites for hydroxylation is 1. The van der Waals surface area contributed by atoms with Crippen molar-refractivity contribution in [1.29, 1.82) is 0 Å². The SMILES string of the molecule is CCOC(=O)C(=O)c1ccc2[nH]cc(C)c2c1OC. The molecule has 1 aromatic heterocycles. The highest BCUT2D eigenvalue weighted by Crippen LogP contribution is 2.32. The number of esters is 1. The van der Waals surface area contributed by atoms with Gasteiger partial charge >= 0.3 is 5.97 Å². The monoisotopic (exact) mass is 261 g/mol. The van der Waals surface area contributed by atoms with Gasteiger partial charge in [0.15, 0.2) is 0 Å². The highest BCUT2D eigenvalue weighted by atomic mass is 16.5. The molecule has 0 amide bonds. The first-order chi connectivity index (χ1) is 9.10. The van der Waals surface area contributed by atoms with Gasteiger partial charge in [0.05, 0.1) is 19.3 Å². The first-order valence-electron chi connectivity index (χ1n) is 5.96. The average molecular weight is 261 g/mol. The van der Waals surface area contributed by atoms with E-state index in [1.807, 2.05) is 13.1 Å². The zero-order chi connectivity index (χ0) is 14.0. The van der Waals surface area contributed by atoms with Crippen LogP contribution in [0.3, 0.4) is 0 Å². The molecule has 0 aliphatic carbocycles. The van der Waals surface area contributed by atoms with Crippen molar-refractivity contribution < 1.29 is 19.1 Å². The fourth-order valence-electron chi connectivity index (χ4n) is 2.05. The fourth-order valence-corrected chi connectivity index (χ4v) is 2.05. The van der Waals surface area contributed by atoms with Gasteiger partial charge in [-0.2, -0.15) is 0 Å². The Labute approximate surface area is 110 Å². The molecule has 0 saturated carbocycles. The number of H-pyrrole nitrogens is 1. The minimum Gasteiger partial charge on any atom is -0.495 e. The van der Waals surface area contributed by atoms with Gasteiger partial charge in [0.1, 0.15) is 5.75 Å². The molecule has 1 N–H and O–H groups in total. The summed E-state index contributed by atoms with van der Waals surface area (Å²) < 4.78 is 10.0. The third kappa shape index (κ3) is 2.19. The van der Waals surface area contributed by atoms with Crippen molar-refractivity contribution in [2.45, 2.75) is 13.8 Å². The highest BCUT2D eigenvalue weighted by molar-refractivity contribution is 6.41. The number of hydrogen-bond acceptors (Lipinski definition) is 4. The van der Waals surface area contributed by atoms with Crippen LogP contribution in [0.15, 0.2) is 18.3 Å². The summed E-state index contributed by atoms with van der Waals surface area (Å²) in [7, 11) is 1.48. The number of hydrogen-bond donors (Lipinski definition) is 1. The maximum absolute atomic E-state index is 12.0. The Hall–Kier alpha value is -2.30. The summed E-state index contributed by atoms with van der Waals surface area (Å²) in [6.07, 6.45) is 1.83. The zero-order valence-corrected chi connectivity index (χ0v) is 11.1. The molecule has 1 aromatic carbocycles. The van der Waals surface area contributed by atoms with Crippen LogP contribution in [0.1, 0.15) is 22.8 Å². The molecule has 0 atom stereocenters. The Morgan fingerprint density at radius 2 is 2.05 bits per heavy atom. The standard InChI is InChI=1S/C14H15NO4/c1-4-19-14(17)12(16)9-5-6-10-11(13(9)18-3)8(2)7-15-10/h5-7,15H,4H2,1-3H3. The molecule has 0 aliphatic rings. The number of rotatable bonds is 4. The molecule has 5 heteroatoms. The Morgan fingerprint density at radius 1 is 1.32 bits per heavy atom. The number of Topliss-reactive ketones (excluding diaryl/α,β-unsaturated/α-hetero) is 1. The Balaban J connectivity index is 2.57. The molecule has 0 radical (unpaired) electrons. The Kier molecular flexibility index (Phi) is 3.55. The lowest BCUT2D eigenvalue weighted by Gasteiger charge is -2.09. The van der Waals surface area contributed by atoms with E-state index in [4.69, 9.17) is 9.47 Å². The maximum Gasteiger partial charge on any atom is 0.379 e. The van der Waals surface area contributed by atoms with Gasteiger partial charge in [-0.15, -0.1) is 0 Å². The second kappa shape index (κ2) is 5.14. The summed E-state index contributed by atoms with van der Waals surface area (Å²) >= 11 is 0. The molecule has 0 bridgehead atoms. The van der Waals surface area contributed by atoms with Gasteiger partial charge in [0.2, 0.25) is 0 Å². The number of ketones is 1. The predicted molar refractivity (Wildman–Crippen MR) is 70.6 cm³/mol. The first-order valence-corrected chi connectivity index (χ1v) is 5.96. The van der Waals surface area contributed by atoms with Crippen LogP contribution in [-0.2, 0) is 9.53 Å². The van der Waals surface area contributed by atoms with Crippen molar-refractivity contribution >= 4 is 22.7 Å². The molecule has 5 nitrogen and oxygen atoms in total.